The van der Waals surface area contributed by atoms with Crippen molar-refractivity contribution in [1.82, 2.24) is 0 Å². The zero-order chi connectivity index (χ0) is 10.7. The summed E-state index contributed by atoms with van der Waals surface area (Å²) < 4.78 is 10.6. The molecule has 82 valence electrons. The lowest BCUT2D eigenvalue weighted by Crippen LogP contribution is -2.41. The molecule has 0 spiro atoms. The highest BCUT2D eigenvalue weighted by Crippen LogP contribution is 2.38. The maximum absolute atomic E-state index is 11.7. The van der Waals surface area contributed by atoms with Crippen LogP contribution in [0.2, 0.25) is 0 Å². The Bertz CT molecular complexity index is 317. The van der Waals surface area contributed by atoms with Crippen molar-refractivity contribution in [3.63, 3.8) is 0 Å². The molecule has 0 aromatic carbocycles. The van der Waals surface area contributed by atoms with Gasteiger partial charge in [-0.3, -0.25) is 4.79 Å². The van der Waals surface area contributed by atoms with Crippen LogP contribution >= 0.6 is 0 Å². The maximum atomic E-state index is 11.7. The third-order valence-electron chi connectivity index (χ3n) is 3.17. The van der Waals surface area contributed by atoms with Crippen LogP contribution in [0.5, 0.6) is 0 Å². The van der Waals surface area contributed by atoms with Crippen LogP contribution in [-0.4, -0.2) is 18.5 Å². The van der Waals surface area contributed by atoms with E-state index in [0.717, 1.165) is 18.6 Å². The molecule has 0 amide bonds. The molecule has 15 heavy (non-hydrogen) atoms. The first kappa shape index (κ1) is 10.4. The first-order valence-electron chi connectivity index (χ1n) is 5.33. The lowest BCUT2D eigenvalue weighted by Gasteiger charge is -2.40. The van der Waals surface area contributed by atoms with Gasteiger partial charge < -0.3 is 9.15 Å². The molecule has 3 heteroatoms. The Kier molecular flexibility index (Phi) is 2.91. The molecule has 2 rings (SSSR count). The van der Waals surface area contributed by atoms with Crippen LogP contribution in [-0.2, 0) is 16.0 Å². The highest BCUT2D eigenvalue weighted by atomic mass is 16.5. The highest BCUT2D eigenvalue weighted by Gasteiger charge is 2.38. The van der Waals surface area contributed by atoms with Gasteiger partial charge in [-0.05, 0) is 31.4 Å². The second kappa shape index (κ2) is 4.19. The van der Waals surface area contributed by atoms with Crippen molar-refractivity contribution >= 4 is 5.78 Å². The molecule has 0 saturated heterocycles. The SMILES string of the molecule is COC1(CC(=O)Cc2ccco2)CCC1. The predicted molar refractivity (Wildman–Crippen MR) is 55.6 cm³/mol. The number of Topliss-reactive ketones (excluding diaryl/α,β-unsaturated/α-hetero) is 1. The van der Waals surface area contributed by atoms with Gasteiger partial charge in [0, 0.05) is 13.5 Å². The molecule has 1 aliphatic carbocycles. The van der Waals surface area contributed by atoms with E-state index in [0.29, 0.717) is 12.8 Å². The summed E-state index contributed by atoms with van der Waals surface area (Å²) in [5.41, 5.74) is -0.163. The van der Waals surface area contributed by atoms with Crippen LogP contribution in [0.25, 0.3) is 0 Å². The Morgan fingerprint density at radius 1 is 1.60 bits per heavy atom. The van der Waals surface area contributed by atoms with Crippen LogP contribution in [0, 0.1) is 0 Å². The van der Waals surface area contributed by atoms with E-state index in [9.17, 15) is 4.79 Å². The summed E-state index contributed by atoms with van der Waals surface area (Å²) in [6.45, 7) is 0. The van der Waals surface area contributed by atoms with Gasteiger partial charge in [0.2, 0.25) is 0 Å². The quantitative estimate of drug-likeness (QED) is 0.745. The Morgan fingerprint density at radius 2 is 2.40 bits per heavy atom. The van der Waals surface area contributed by atoms with Gasteiger partial charge in [0.05, 0.1) is 18.3 Å². The molecule has 1 saturated carbocycles. The van der Waals surface area contributed by atoms with Crippen molar-refractivity contribution in [3.05, 3.63) is 24.2 Å². The van der Waals surface area contributed by atoms with Crippen molar-refractivity contribution in [3.8, 4) is 0 Å². The molecule has 3 nitrogen and oxygen atoms in total. The molecule has 0 radical (unpaired) electrons. The number of carbonyl (C=O) groups is 1. The fraction of sp³-hybridized carbons (Fsp3) is 0.583. The van der Waals surface area contributed by atoms with E-state index in [1.165, 1.54) is 6.42 Å². The zero-order valence-electron chi connectivity index (χ0n) is 8.99. The van der Waals surface area contributed by atoms with Gasteiger partial charge in [-0.15, -0.1) is 0 Å². The smallest absolute Gasteiger partial charge is 0.143 e. The van der Waals surface area contributed by atoms with Gasteiger partial charge in [-0.25, -0.2) is 0 Å². The molecule has 0 aliphatic heterocycles. The van der Waals surface area contributed by atoms with Crippen molar-refractivity contribution in [2.24, 2.45) is 0 Å². The summed E-state index contributed by atoms with van der Waals surface area (Å²) in [7, 11) is 1.69. The van der Waals surface area contributed by atoms with Crippen molar-refractivity contribution in [1.29, 1.82) is 0 Å². The molecule has 0 bridgehead atoms. The number of methoxy groups -OCH3 is 1. The van der Waals surface area contributed by atoms with Crippen LogP contribution in [0.4, 0.5) is 0 Å². The molecule has 1 fully saturated rings. The van der Waals surface area contributed by atoms with Crippen LogP contribution in [0.1, 0.15) is 31.4 Å². The number of hydrogen-bond donors (Lipinski definition) is 0. The average Bonchev–Trinajstić information content (AvgIpc) is 2.64. The maximum Gasteiger partial charge on any atom is 0.143 e. The van der Waals surface area contributed by atoms with E-state index < -0.39 is 0 Å². The normalized spacial score (nSPS) is 18.5. The minimum atomic E-state index is -0.163. The standard InChI is InChI=1S/C12H16O3/c1-14-12(5-3-6-12)9-10(13)8-11-4-2-7-15-11/h2,4,7H,3,5-6,8-9H2,1H3. The Balaban J connectivity index is 1.87. The predicted octanol–water partition coefficient (Wildman–Crippen LogP) is 2.35. The average molecular weight is 208 g/mol. The van der Waals surface area contributed by atoms with E-state index in [1.54, 1.807) is 19.4 Å². The monoisotopic (exact) mass is 208 g/mol. The van der Waals surface area contributed by atoms with Gasteiger partial charge in [0.15, 0.2) is 0 Å². The van der Waals surface area contributed by atoms with Crippen LogP contribution < -0.4 is 0 Å². The van der Waals surface area contributed by atoms with E-state index in [4.69, 9.17) is 9.15 Å². The van der Waals surface area contributed by atoms with Crippen molar-refractivity contribution in [2.75, 3.05) is 7.11 Å². The topological polar surface area (TPSA) is 39.4 Å². The number of ketones is 1. The van der Waals surface area contributed by atoms with Crippen molar-refractivity contribution < 1.29 is 13.9 Å². The molecule has 1 heterocycles. The molecule has 1 aromatic heterocycles. The van der Waals surface area contributed by atoms with E-state index in [2.05, 4.69) is 0 Å². The second-order valence-electron chi connectivity index (χ2n) is 4.21. The molecule has 1 aromatic rings. The number of ether oxygens (including phenoxy) is 1. The van der Waals surface area contributed by atoms with Gasteiger partial charge in [-0.2, -0.15) is 0 Å². The Morgan fingerprint density at radius 3 is 2.87 bits per heavy atom. The Hall–Kier alpha value is -1.09. The highest BCUT2D eigenvalue weighted by molar-refractivity contribution is 5.81. The fourth-order valence-corrected chi connectivity index (χ4v) is 2.05. The number of rotatable bonds is 5. The minimum absolute atomic E-state index is 0.163. The van der Waals surface area contributed by atoms with Gasteiger partial charge in [0.1, 0.15) is 11.5 Å². The molecule has 0 atom stereocenters. The first-order valence-corrected chi connectivity index (χ1v) is 5.33. The van der Waals surface area contributed by atoms with Gasteiger partial charge >= 0.3 is 0 Å². The molecule has 1 aliphatic rings. The summed E-state index contributed by atoms with van der Waals surface area (Å²) in [5, 5.41) is 0. The summed E-state index contributed by atoms with van der Waals surface area (Å²) in [4.78, 5) is 11.7. The number of furan rings is 1. The molecular weight excluding hydrogens is 192 g/mol. The minimum Gasteiger partial charge on any atom is -0.469 e. The van der Waals surface area contributed by atoms with E-state index in [1.807, 2.05) is 6.07 Å². The summed E-state index contributed by atoms with van der Waals surface area (Å²) in [5.74, 6) is 0.942. The van der Waals surface area contributed by atoms with Gasteiger partial charge in [0.25, 0.3) is 0 Å². The molecular formula is C12H16O3. The zero-order valence-corrected chi connectivity index (χ0v) is 8.99. The fourth-order valence-electron chi connectivity index (χ4n) is 2.05. The third-order valence-corrected chi connectivity index (χ3v) is 3.17. The summed E-state index contributed by atoms with van der Waals surface area (Å²) in [6, 6.07) is 3.64. The summed E-state index contributed by atoms with van der Waals surface area (Å²) in [6.07, 6.45) is 5.68. The lowest BCUT2D eigenvalue weighted by molar-refractivity contribution is -0.131. The van der Waals surface area contributed by atoms with E-state index >= 15 is 0 Å². The van der Waals surface area contributed by atoms with Gasteiger partial charge in [-0.1, -0.05) is 0 Å². The second-order valence-corrected chi connectivity index (χ2v) is 4.21. The lowest BCUT2D eigenvalue weighted by atomic mass is 9.76. The van der Waals surface area contributed by atoms with Crippen molar-refractivity contribution in [2.45, 2.75) is 37.7 Å². The number of hydrogen-bond acceptors (Lipinski definition) is 3. The number of carbonyl (C=O) groups excluding carboxylic acids is 1. The summed E-state index contributed by atoms with van der Waals surface area (Å²) >= 11 is 0. The van der Waals surface area contributed by atoms with Crippen LogP contribution in [0.15, 0.2) is 22.8 Å². The molecule has 0 unspecified atom stereocenters. The first-order chi connectivity index (χ1) is 7.24. The Labute approximate surface area is 89.4 Å². The molecule has 0 N–H and O–H groups in total. The van der Waals surface area contributed by atoms with Crippen LogP contribution in [0.3, 0.4) is 0 Å². The van der Waals surface area contributed by atoms with E-state index in [-0.39, 0.29) is 11.4 Å². The third kappa shape index (κ3) is 2.29. The largest absolute Gasteiger partial charge is 0.469 e.